The van der Waals surface area contributed by atoms with Crippen LogP contribution in [0.1, 0.15) is 45.3 Å². The number of aromatic nitrogens is 2. The van der Waals surface area contributed by atoms with Gasteiger partial charge in [0.2, 0.25) is 5.82 Å². The second kappa shape index (κ2) is 8.55. The molecule has 0 fully saturated rings. The topological polar surface area (TPSA) is 102 Å². The summed E-state index contributed by atoms with van der Waals surface area (Å²) >= 11 is 0. The molecule has 0 bridgehead atoms. The van der Waals surface area contributed by atoms with Gasteiger partial charge in [-0.15, -0.1) is 0 Å². The lowest BCUT2D eigenvalue weighted by Gasteiger charge is -2.06. The van der Waals surface area contributed by atoms with Gasteiger partial charge in [-0.25, -0.2) is 9.78 Å². The fraction of sp³-hybridized carbons (Fsp3) is 0.238. The molecule has 0 unspecified atom stereocenters. The van der Waals surface area contributed by atoms with Gasteiger partial charge in [0.1, 0.15) is 0 Å². The average Bonchev–Trinajstić information content (AvgIpc) is 3.11. The summed E-state index contributed by atoms with van der Waals surface area (Å²) in [5, 5.41) is 5.53. The minimum absolute atomic E-state index is 0.0683. The zero-order chi connectivity index (χ0) is 21.0. The number of esters is 1. The number of nitrogens with one attached hydrogen (secondary N) is 2. The minimum atomic E-state index is -0.504. The van der Waals surface area contributed by atoms with Crippen LogP contribution in [0, 0.1) is 5.92 Å². The number of methoxy groups -OCH3 is 1. The Hall–Kier alpha value is -3.68. The number of anilines is 1. The summed E-state index contributed by atoms with van der Waals surface area (Å²) in [6, 6.07) is 11.6. The Morgan fingerprint density at radius 1 is 1.10 bits per heavy atom. The summed E-state index contributed by atoms with van der Waals surface area (Å²) in [7, 11) is 1.29. The summed E-state index contributed by atoms with van der Waals surface area (Å²) in [4.78, 5) is 41.4. The number of benzene rings is 1. The fourth-order valence-corrected chi connectivity index (χ4v) is 2.77. The third-order valence-electron chi connectivity index (χ3n) is 4.18. The average molecular weight is 394 g/mol. The van der Waals surface area contributed by atoms with Crippen molar-refractivity contribution in [2.24, 2.45) is 5.92 Å². The zero-order valence-electron chi connectivity index (χ0n) is 16.4. The third kappa shape index (κ3) is 4.43. The molecule has 0 spiro atoms. The van der Waals surface area contributed by atoms with E-state index in [4.69, 9.17) is 4.74 Å². The van der Waals surface area contributed by atoms with Crippen LogP contribution in [0.15, 0.2) is 48.7 Å². The molecule has 0 aliphatic rings. The SMILES string of the molecule is COC(=O)c1cccc(NC(=O)c2nc(C(=O)NCC(C)C)c3ccccn23)c1. The molecule has 2 heterocycles. The number of pyridine rings is 1. The van der Waals surface area contributed by atoms with E-state index in [1.807, 2.05) is 13.8 Å². The van der Waals surface area contributed by atoms with Gasteiger partial charge >= 0.3 is 5.97 Å². The molecule has 8 nitrogen and oxygen atoms in total. The lowest BCUT2D eigenvalue weighted by atomic mass is 10.2. The molecule has 3 rings (SSSR count). The standard InChI is InChI=1S/C21H22N4O4/c1-13(2)12-22-19(26)17-16-9-4-5-10-25(16)18(24-17)20(27)23-15-8-6-7-14(11-15)21(28)29-3/h4-11,13H,12H2,1-3H3,(H,22,26)(H,23,27). The van der Waals surface area contributed by atoms with Gasteiger partial charge in [0.05, 0.1) is 18.2 Å². The lowest BCUT2D eigenvalue weighted by Crippen LogP contribution is -2.27. The Bertz CT molecular complexity index is 1070. The van der Waals surface area contributed by atoms with Crippen molar-refractivity contribution in [1.82, 2.24) is 14.7 Å². The highest BCUT2D eigenvalue weighted by atomic mass is 16.5. The van der Waals surface area contributed by atoms with Crippen LogP contribution in [0.4, 0.5) is 5.69 Å². The first-order valence-corrected chi connectivity index (χ1v) is 9.15. The van der Waals surface area contributed by atoms with E-state index >= 15 is 0 Å². The highest BCUT2D eigenvalue weighted by Crippen LogP contribution is 2.17. The fourth-order valence-electron chi connectivity index (χ4n) is 2.77. The molecule has 2 aromatic heterocycles. The number of fused-ring (bicyclic) bond motifs is 1. The van der Waals surface area contributed by atoms with Crippen LogP contribution < -0.4 is 10.6 Å². The first kappa shape index (κ1) is 20.1. The van der Waals surface area contributed by atoms with E-state index in [0.29, 0.717) is 23.3 Å². The third-order valence-corrected chi connectivity index (χ3v) is 4.18. The van der Waals surface area contributed by atoms with Crippen LogP contribution in [-0.4, -0.2) is 40.8 Å². The maximum absolute atomic E-state index is 12.8. The highest BCUT2D eigenvalue weighted by Gasteiger charge is 2.21. The number of carbonyl (C=O) groups excluding carboxylic acids is 3. The van der Waals surface area contributed by atoms with Crippen LogP contribution >= 0.6 is 0 Å². The summed E-state index contributed by atoms with van der Waals surface area (Å²) in [6.45, 7) is 4.49. The second-order valence-corrected chi connectivity index (χ2v) is 6.87. The molecule has 0 saturated carbocycles. The quantitative estimate of drug-likeness (QED) is 0.626. The molecule has 0 radical (unpaired) electrons. The van der Waals surface area contributed by atoms with Crippen molar-refractivity contribution in [2.45, 2.75) is 13.8 Å². The molecule has 2 N–H and O–H groups in total. The van der Waals surface area contributed by atoms with E-state index < -0.39 is 11.9 Å². The number of carbonyl (C=O) groups is 3. The molecule has 0 saturated heterocycles. The maximum atomic E-state index is 12.8. The van der Waals surface area contributed by atoms with Gasteiger partial charge in [0.25, 0.3) is 11.8 Å². The van der Waals surface area contributed by atoms with E-state index in [0.717, 1.165) is 0 Å². The van der Waals surface area contributed by atoms with Gasteiger partial charge in [0, 0.05) is 18.4 Å². The number of rotatable bonds is 6. The number of amides is 2. The molecular formula is C21H22N4O4. The summed E-state index contributed by atoms with van der Waals surface area (Å²) in [6.07, 6.45) is 1.67. The molecule has 0 atom stereocenters. The number of imidazole rings is 1. The van der Waals surface area contributed by atoms with Crippen molar-refractivity contribution in [3.63, 3.8) is 0 Å². The summed E-state index contributed by atoms with van der Waals surface area (Å²) in [5.41, 5.74) is 1.44. The predicted molar refractivity (Wildman–Crippen MR) is 108 cm³/mol. The monoisotopic (exact) mass is 394 g/mol. The van der Waals surface area contributed by atoms with E-state index in [1.54, 1.807) is 47.0 Å². The Morgan fingerprint density at radius 2 is 1.90 bits per heavy atom. The summed E-state index contributed by atoms with van der Waals surface area (Å²) in [5.74, 6) is -0.988. The van der Waals surface area contributed by atoms with Crippen molar-refractivity contribution >= 4 is 29.0 Å². The first-order chi connectivity index (χ1) is 13.9. The minimum Gasteiger partial charge on any atom is -0.465 e. The number of nitrogens with zero attached hydrogens (tertiary/aromatic N) is 2. The first-order valence-electron chi connectivity index (χ1n) is 9.15. The molecule has 1 aromatic carbocycles. The van der Waals surface area contributed by atoms with Gasteiger partial charge < -0.3 is 15.4 Å². The second-order valence-electron chi connectivity index (χ2n) is 6.87. The van der Waals surface area contributed by atoms with Crippen molar-refractivity contribution < 1.29 is 19.1 Å². The smallest absolute Gasteiger partial charge is 0.337 e. The molecule has 0 aliphatic carbocycles. The molecule has 8 heteroatoms. The van der Waals surface area contributed by atoms with Crippen molar-refractivity contribution in [1.29, 1.82) is 0 Å². The van der Waals surface area contributed by atoms with Crippen LogP contribution in [0.2, 0.25) is 0 Å². The van der Waals surface area contributed by atoms with Gasteiger partial charge in [-0.05, 0) is 36.2 Å². The predicted octanol–water partition coefficient (Wildman–Crippen LogP) is 2.76. The Labute approximate surface area is 167 Å². The van der Waals surface area contributed by atoms with Gasteiger partial charge in [-0.3, -0.25) is 14.0 Å². The number of hydrogen-bond donors (Lipinski definition) is 2. The number of ether oxygens (including phenoxy) is 1. The van der Waals surface area contributed by atoms with Crippen molar-refractivity contribution in [2.75, 3.05) is 19.0 Å². The molecular weight excluding hydrogens is 372 g/mol. The molecule has 2 amide bonds. The lowest BCUT2D eigenvalue weighted by molar-refractivity contribution is 0.0600. The van der Waals surface area contributed by atoms with E-state index in [-0.39, 0.29) is 23.3 Å². The maximum Gasteiger partial charge on any atom is 0.337 e. The Balaban J connectivity index is 1.90. The van der Waals surface area contributed by atoms with Gasteiger partial charge in [0.15, 0.2) is 5.69 Å². The van der Waals surface area contributed by atoms with Gasteiger partial charge in [-0.1, -0.05) is 26.0 Å². The Morgan fingerprint density at radius 3 is 2.62 bits per heavy atom. The molecule has 3 aromatic rings. The normalized spacial score (nSPS) is 10.8. The van der Waals surface area contributed by atoms with Gasteiger partial charge in [-0.2, -0.15) is 0 Å². The summed E-state index contributed by atoms with van der Waals surface area (Å²) < 4.78 is 6.25. The molecule has 0 aliphatic heterocycles. The zero-order valence-corrected chi connectivity index (χ0v) is 16.4. The largest absolute Gasteiger partial charge is 0.465 e. The van der Waals surface area contributed by atoms with Crippen molar-refractivity contribution in [3.05, 3.63) is 65.7 Å². The van der Waals surface area contributed by atoms with Crippen LogP contribution in [0.3, 0.4) is 0 Å². The molecule has 150 valence electrons. The van der Waals surface area contributed by atoms with Crippen molar-refractivity contribution in [3.8, 4) is 0 Å². The van der Waals surface area contributed by atoms with Crippen LogP contribution in [0.25, 0.3) is 5.52 Å². The van der Waals surface area contributed by atoms with E-state index in [1.165, 1.54) is 13.2 Å². The van der Waals surface area contributed by atoms with E-state index in [2.05, 4.69) is 15.6 Å². The molecule has 29 heavy (non-hydrogen) atoms. The highest BCUT2D eigenvalue weighted by molar-refractivity contribution is 6.06. The van der Waals surface area contributed by atoms with Crippen LogP contribution in [-0.2, 0) is 4.74 Å². The van der Waals surface area contributed by atoms with E-state index in [9.17, 15) is 14.4 Å². The number of hydrogen-bond acceptors (Lipinski definition) is 5. The van der Waals surface area contributed by atoms with Crippen LogP contribution in [0.5, 0.6) is 0 Å². The Kier molecular flexibility index (Phi) is 5.92.